The van der Waals surface area contributed by atoms with Crippen LogP contribution in [-0.4, -0.2) is 5.78 Å². The van der Waals surface area contributed by atoms with Crippen LogP contribution in [0.25, 0.3) is 0 Å². The number of benzene rings is 1. The van der Waals surface area contributed by atoms with Gasteiger partial charge in [-0.15, -0.1) is 0 Å². The second-order valence-corrected chi connectivity index (χ2v) is 4.60. The zero-order valence-corrected chi connectivity index (χ0v) is 9.18. The van der Waals surface area contributed by atoms with Crippen molar-refractivity contribution >= 4 is 21.7 Å². The van der Waals surface area contributed by atoms with E-state index in [1.165, 1.54) is 12.1 Å². The van der Waals surface area contributed by atoms with E-state index in [2.05, 4.69) is 15.9 Å². The molecule has 0 aliphatic heterocycles. The van der Waals surface area contributed by atoms with Crippen LogP contribution in [0.1, 0.15) is 30.7 Å². The van der Waals surface area contributed by atoms with Gasteiger partial charge in [0.25, 0.3) is 0 Å². The standard InChI is InChI=1S/C11H10BrFO/c12-9-3-8(4-10(13)6-9)7-1-2-11(14)5-7/h3-4,6-7H,1-2,5H2. The monoisotopic (exact) mass is 256 g/mol. The van der Waals surface area contributed by atoms with E-state index in [0.717, 1.165) is 16.5 Å². The number of Topliss-reactive ketones (excluding diaryl/α,β-unsaturated/α-hetero) is 1. The predicted octanol–water partition coefficient (Wildman–Crippen LogP) is 3.42. The van der Waals surface area contributed by atoms with Gasteiger partial charge in [-0.1, -0.05) is 15.9 Å². The van der Waals surface area contributed by atoms with Crippen molar-refractivity contribution in [3.63, 3.8) is 0 Å². The van der Waals surface area contributed by atoms with Crippen LogP contribution < -0.4 is 0 Å². The first kappa shape index (κ1) is 9.84. The third-order valence-corrected chi connectivity index (χ3v) is 3.06. The molecule has 0 heterocycles. The number of hydrogen-bond donors (Lipinski definition) is 0. The highest BCUT2D eigenvalue weighted by Crippen LogP contribution is 2.33. The molecule has 0 saturated heterocycles. The van der Waals surface area contributed by atoms with Crippen molar-refractivity contribution in [1.29, 1.82) is 0 Å². The van der Waals surface area contributed by atoms with Gasteiger partial charge in [0, 0.05) is 17.3 Å². The number of ketones is 1. The molecule has 0 spiro atoms. The van der Waals surface area contributed by atoms with Crippen molar-refractivity contribution < 1.29 is 9.18 Å². The summed E-state index contributed by atoms with van der Waals surface area (Å²) in [6.07, 6.45) is 2.06. The average molecular weight is 257 g/mol. The minimum Gasteiger partial charge on any atom is -0.300 e. The molecule has 14 heavy (non-hydrogen) atoms. The van der Waals surface area contributed by atoms with Gasteiger partial charge in [-0.25, -0.2) is 4.39 Å². The fraction of sp³-hybridized carbons (Fsp3) is 0.364. The molecule has 0 amide bonds. The van der Waals surface area contributed by atoms with Crippen molar-refractivity contribution in [2.75, 3.05) is 0 Å². The molecule has 1 unspecified atom stereocenters. The molecule has 1 aromatic rings. The van der Waals surface area contributed by atoms with Gasteiger partial charge in [0.05, 0.1) is 0 Å². The lowest BCUT2D eigenvalue weighted by Gasteiger charge is -2.08. The fourth-order valence-electron chi connectivity index (χ4n) is 1.91. The molecule has 74 valence electrons. The minimum absolute atomic E-state index is 0.217. The maximum absolute atomic E-state index is 13.1. The molecule has 0 aromatic heterocycles. The van der Waals surface area contributed by atoms with Crippen LogP contribution in [-0.2, 0) is 4.79 Å². The fourth-order valence-corrected chi connectivity index (χ4v) is 2.39. The van der Waals surface area contributed by atoms with Gasteiger partial charge >= 0.3 is 0 Å². The summed E-state index contributed by atoms with van der Waals surface area (Å²) in [5.41, 5.74) is 0.933. The number of rotatable bonds is 1. The van der Waals surface area contributed by atoms with Crippen LogP contribution in [0, 0.1) is 5.82 Å². The molecule has 3 heteroatoms. The summed E-state index contributed by atoms with van der Waals surface area (Å²) in [7, 11) is 0. The van der Waals surface area contributed by atoms with E-state index in [1.807, 2.05) is 6.07 Å². The third-order valence-electron chi connectivity index (χ3n) is 2.60. The van der Waals surface area contributed by atoms with E-state index in [0.29, 0.717) is 12.8 Å². The summed E-state index contributed by atoms with van der Waals surface area (Å²) in [4.78, 5) is 11.1. The van der Waals surface area contributed by atoms with E-state index >= 15 is 0 Å². The molecule has 1 fully saturated rings. The summed E-state index contributed by atoms with van der Waals surface area (Å²) < 4.78 is 13.8. The Balaban J connectivity index is 2.27. The molecule has 0 bridgehead atoms. The quantitative estimate of drug-likeness (QED) is 0.753. The Morgan fingerprint density at radius 3 is 2.71 bits per heavy atom. The Kier molecular flexibility index (Phi) is 2.68. The highest BCUT2D eigenvalue weighted by molar-refractivity contribution is 9.10. The molecular formula is C11H10BrFO. The first-order valence-electron chi connectivity index (χ1n) is 4.63. The first-order valence-corrected chi connectivity index (χ1v) is 5.42. The van der Waals surface area contributed by atoms with E-state index in [4.69, 9.17) is 0 Å². The Morgan fingerprint density at radius 2 is 2.14 bits per heavy atom. The third kappa shape index (κ3) is 2.03. The maximum atomic E-state index is 13.1. The molecule has 1 saturated carbocycles. The summed E-state index contributed by atoms with van der Waals surface area (Å²) in [6.45, 7) is 0. The summed E-state index contributed by atoms with van der Waals surface area (Å²) in [5.74, 6) is 0.263. The summed E-state index contributed by atoms with van der Waals surface area (Å²) in [5, 5.41) is 0. The van der Waals surface area contributed by atoms with Gasteiger partial charge in [-0.3, -0.25) is 4.79 Å². The highest BCUT2D eigenvalue weighted by atomic mass is 79.9. The Bertz CT molecular complexity index is 355. The zero-order valence-electron chi connectivity index (χ0n) is 7.59. The van der Waals surface area contributed by atoms with Crippen molar-refractivity contribution in [3.05, 3.63) is 34.1 Å². The van der Waals surface area contributed by atoms with E-state index < -0.39 is 0 Å². The van der Waals surface area contributed by atoms with Crippen LogP contribution in [0.15, 0.2) is 22.7 Å². The molecule has 1 aliphatic carbocycles. The van der Waals surface area contributed by atoms with Gasteiger partial charge < -0.3 is 0 Å². The lowest BCUT2D eigenvalue weighted by Crippen LogP contribution is -1.95. The first-order chi connectivity index (χ1) is 6.65. The Hall–Kier alpha value is -0.700. The van der Waals surface area contributed by atoms with Crippen LogP contribution in [0.2, 0.25) is 0 Å². The molecule has 1 aromatic carbocycles. The molecule has 1 aliphatic rings. The van der Waals surface area contributed by atoms with Crippen LogP contribution in [0.4, 0.5) is 4.39 Å². The summed E-state index contributed by atoms with van der Waals surface area (Å²) >= 11 is 3.25. The minimum atomic E-state index is -0.242. The van der Waals surface area contributed by atoms with Crippen molar-refractivity contribution in [3.8, 4) is 0 Å². The summed E-state index contributed by atoms with van der Waals surface area (Å²) in [6, 6.07) is 4.85. The lowest BCUT2D eigenvalue weighted by atomic mass is 9.98. The molecule has 1 atom stereocenters. The number of hydrogen-bond acceptors (Lipinski definition) is 1. The molecule has 1 nitrogen and oxygen atoms in total. The molecule has 0 radical (unpaired) electrons. The van der Waals surface area contributed by atoms with E-state index in [1.54, 1.807) is 0 Å². The Morgan fingerprint density at radius 1 is 1.36 bits per heavy atom. The largest absolute Gasteiger partial charge is 0.300 e. The van der Waals surface area contributed by atoms with Crippen molar-refractivity contribution in [1.82, 2.24) is 0 Å². The predicted molar refractivity (Wildman–Crippen MR) is 55.7 cm³/mol. The van der Waals surface area contributed by atoms with Crippen LogP contribution in [0.3, 0.4) is 0 Å². The maximum Gasteiger partial charge on any atom is 0.133 e. The van der Waals surface area contributed by atoms with Crippen molar-refractivity contribution in [2.24, 2.45) is 0 Å². The molecular weight excluding hydrogens is 247 g/mol. The Labute approximate surface area is 90.4 Å². The van der Waals surface area contributed by atoms with Gasteiger partial charge in [0.1, 0.15) is 11.6 Å². The number of halogens is 2. The van der Waals surface area contributed by atoms with E-state index in [9.17, 15) is 9.18 Å². The van der Waals surface area contributed by atoms with Gasteiger partial charge in [-0.05, 0) is 36.1 Å². The van der Waals surface area contributed by atoms with E-state index in [-0.39, 0.29) is 17.5 Å². The lowest BCUT2D eigenvalue weighted by molar-refractivity contribution is -0.117. The smallest absolute Gasteiger partial charge is 0.133 e. The molecule has 0 N–H and O–H groups in total. The van der Waals surface area contributed by atoms with Gasteiger partial charge in [-0.2, -0.15) is 0 Å². The normalized spacial score (nSPS) is 21.6. The van der Waals surface area contributed by atoms with Crippen LogP contribution in [0.5, 0.6) is 0 Å². The number of carbonyl (C=O) groups excluding carboxylic acids is 1. The molecule has 2 rings (SSSR count). The topological polar surface area (TPSA) is 17.1 Å². The van der Waals surface area contributed by atoms with Crippen molar-refractivity contribution in [2.45, 2.75) is 25.2 Å². The second-order valence-electron chi connectivity index (χ2n) is 3.68. The van der Waals surface area contributed by atoms with Gasteiger partial charge in [0.15, 0.2) is 0 Å². The van der Waals surface area contributed by atoms with Gasteiger partial charge in [0.2, 0.25) is 0 Å². The second kappa shape index (κ2) is 3.81. The van der Waals surface area contributed by atoms with Crippen LogP contribution >= 0.6 is 15.9 Å². The SMILES string of the molecule is O=C1CCC(c2cc(F)cc(Br)c2)C1. The highest BCUT2D eigenvalue weighted by Gasteiger charge is 2.23. The number of carbonyl (C=O) groups is 1. The zero-order chi connectivity index (χ0) is 10.1. The average Bonchev–Trinajstić information content (AvgIpc) is 2.50.